The lowest BCUT2D eigenvalue weighted by atomic mass is 9.82. The van der Waals surface area contributed by atoms with E-state index in [4.69, 9.17) is 4.74 Å². The molecule has 0 amide bonds. The lowest BCUT2D eigenvalue weighted by molar-refractivity contribution is 0.105. The third-order valence-corrected chi connectivity index (χ3v) is 4.27. The number of carbonyl (C=O) groups excluding carboxylic acids is 1. The van der Waals surface area contributed by atoms with Crippen molar-refractivity contribution in [1.29, 1.82) is 0 Å². The van der Waals surface area contributed by atoms with Gasteiger partial charge in [-0.2, -0.15) is 0 Å². The van der Waals surface area contributed by atoms with E-state index in [9.17, 15) is 4.79 Å². The highest BCUT2D eigenvalue weighted by molar-refractivity contribution is 6.41. The summed E-state index contributed by atoms with van der Waals surface area (Å²) in [5.41, 5.74) is 4.80. The van der Waals surface area contributed by atoms with Crippen molar-refractivity contribution >= 4 is 23.8 Å². The quantitative estimate of drug-likeness (QED) is 0.810. The number of ketones is 1. The summed E-state index contributed by atoms with van der Waals surface area (Å²) in [6.45, 7) is 5.59. The third-order valence-electron chi connectivity index (χ3n) is 4.27. The summed E-state index contributed by atoms with van der Waals surface area (Å²) in [5.74, 6) is 0.654. The van der Waals surface area contributed by atoms with Crippen LogP contribution in [0.25, 0.3) is 5.57 Å². The maximum atomic E-state index is 13.2. The van der Waals surface area contributed by atoms with Crippen LogP contribution >= 0.6 is 0 Å². The third kappa shape index (κ3) is 2.27. The SMILES string of the molecule is C=NC1=C(c2cccc(OC)c2C)C(=O)c2ccccc2/C1=N/C. The van der Waals surface area contributed by atoms with Crippen LogP contribution in [0.3, 0.4) is 0 Å². The summed E-state index contributed by atoms with van der Waals surface area (Å²) in [6, 6.07) is 13.1. The molecule has 0 aliphatic heterocycles. The lowest BCUT2D eigenvalue weighted by Gasteiger charge is -2.22. The van der Waals surface area contributed by atoms with Crippen molar-refractivity contribution in [3.8, 4) is 5.75 Å². The van der Waals surface area contributed by atoms with Gasteiger partial charge in [-0.3, -0.25) is 14.8 Å². The molecule has 0 unspecified atom stereocenters. The van der Waals surface area contributed by atoms with Crippen LogP contribution < -0.4 is 4.74 Å². The molecule has 3 rings (SSSR count). The molecule has 24 heavy (non-hydrogen) atoms. The molecule has 0 aromatic heterocycles. The van der Waals surface area contributed by atoms with E-state index in [1.807, 2.05) is 49.4 Å². The van der Waals surface area contributed by atoms with Crippen LogP contribution in [0.15, 0.2) is 58.1 Å². The summed E-state index contributed by atoms with van der Waals surface area (Å²) in [4.78, 5) is 21.7. The summed E-state index contributed by atoms with van der Waals surface area (Å²) >= 11 is 0. The minimum absolute atomic E-state index is 0.0725. The van der Waals surface area contributed by atoms with Crippen LogP contribution in [0, 0.1) is 6.92 Å². The topological polar surface area (TPSA) is 51.0 Å². The number of allylic oxidation sites excluding steroid dienone is 2. The van der Waals surface area contributed by atoms with Gasteiger partial charge in [0, 0.05) is 18.2 Å². The number of Topliss-reactive ketones (excluding diaryl/α,β-unsaturated/α-hetero) is 1. The highest BCUT2D eigenvalue weighted by Gasteiger charge is 2.31. The van der Waals surface area contributed by atoms with E-state index in [1.54, 1.807) is 14.2 Å². The summed E-state index contributed by atoms with van der Waals surface area (Å²) < 4.78 is 5.39. The van der Waals surface area contributed by atoms with Gasteiger partial charge in [-0.15, -0.1) is 0 Å². The molecule has 1 aliphatic rings. The number of carbonyl (C=O) groups is 1. The van der Waals surface area contributed by atoms with E-state index in [2.05, 4.69) is 16.7 Å². The minimum atomic E-state index is -0.0725. The van der Waals surface area contributed by atoms with E-state index in [1.165, 1.54) is 0 Å². The number of methoxy groups -OCH3 is 1. The predicted octanol–water partition coefficient (Wildman–Crippen LogP) is 3.73. The molecule has 4 heteroatoms. The van der Waals surface area contributed by atoms with Gasteiger partial charge in [0.1, 0.15) is 5.75 Å². The molecule has 0 fully saturated rings. The molecule has 2 aromatic rings. The van der Waals surface area contributed by atoms with Gasteiger partial charge in [-0.25, -0.2) is 0 Å². The molecule has 0 N–H and O–H groups in total. The number of ether oxygens (including phenoxy) is 1. The molecule has 0 heterocycles. The molecule has 0 atom stereocenters. The zero-order chi connectivity index (χ0) is 17.3. The molecule has 1 aliphatic carbocycles. The Hall–Kier alpha value is -3.01. The molecule has 120 valence electrons. The lowest BCUT2D eigenvalue weighted by Crippen LogP contribution is -2.21. The molecule has 0 spiro atoms. The predicted molar refractivity (Wildman–Crippen MR) is 97.4 cm³/mol. The van der Waals surface area contributed by atoms with Crippen LogP contribution in [0.2, 0.25) is 0 Å². The van der Waals surface area contributed by atoms with Crippen molar-refractivity contribution in [3.63, 3.8) is 0 Å². The first-order valence-corrected chi connectivity index (χ1v) is 7.60. The number of hydrogen-bond acceptors (Lipinski definition) is 4. The Morgan fingerprint density at radius 1 is 1.00 bits per heavy atom. The summed E-state index contributed by atoms with van der Waals surface area (Å²) in [6.07, 6.45) is 0. The van der Waals surface area contributed by atoms with Gasteiger partial charge in [-0.1, -0.05) is 36.4 Å². The number of rotatable bonds is 3. The van der Waals surface area contributed by atoms with Gasteiger partial charge < -0.3 is 4.74 Å². The molecular weight excluding hydrogens is 300 g/mol. The van der Waals surface area contributed by atoms with Crippen LogP contribution in [0.1, 0.15) is 27.0 Å². The van der Waals surface area contributed by atoms with Crippen molar-refractivity contribution < 1.29 is 9.53 Å². The van der Waals surface area contributed by atoms with E-state index >= 15 is 0 Å². The number of aliphatic imine (C=N–C) groups is 2. The highest BCUT2D eigenvalue weighted by Crippen LogP contribution is 2.36. The standard InChI is InChI=1S/C20H18N2O2/c1-12-13(10-7-11-16(12)24-4)17-19(22-3)18(21-2)14-8-5-6-9-15(14)20(17)23/h5-11H,3H2,1-2,4H3/b21-18-. The minimum Gasteiger partial charge on any atom is -0.496 e. The summed E-state index contributed by atoms with van der Waals surface area (Å²) in [5, 5.41) is 0. The monoisotopic (exact) mass is 318 g/mol. The molecule has 0 saturated carbocycles. The Bertz CT molecular complexity index is 908. The molecular formula is C20H18N2O2. The second kappa shape index (κ2) is 6.24. The average molecular weight is 318 g/mol. The van der Waals surface area contributed by atoms with E-state index in [0.717, 1.165) is 22.4 Å². The fourth-order valence-corrected chi connectivity index (χ4v) is 3.11. The van der Waals surface area contributed by atoms with Gasteiger partial charge in [0.05, 0.1) is 24.1 Å². The fraction of sp³-hybridized carbons (Fsp3) is 0.150. The molecule has 0 saturated heterocycles. The number of fused-ring (bicyclic) bond motifs is 1. The second-order valence-electron chi connectivity index (χ2n) is 5.46. The van der Waals surface area contributed by atoms with E-state index in [0.29, 0.717) is 22.5 Å². The van der Waals surface area contributed by atoms with Crippen LogP contribution in [-0.4, -0.2) is 32.4 Å². The van der Waals surface area contributed by atoms with Crippen molar-refractivity contribution in [2.24, 2.45) is 9.98 Å². The summed E-state index contributed by atoms with van der Waals surface area (Å²) in [7, 11) is 3.31. The Morgan fingerprint density at radius 3 is 2.29 bits per heavy atom. The Labute approximate surface area is 141 Å². The largest absolute Gasteiger partial charge is 0.496 e. The Kier molecular flexibility index (Phi) is 4.13. The van der Waals surface area contributed by atoms with Crippen molar-refractivity contribution in [1.82, 2.24) is 0 Å². The average Bonchev–Trinajstić information content (AvgIpc) is 2.62. The Balaban J connectivity index is 2.36. The van der Waals surface area contributed by atoms with Gasteiger partial charge in [0.2, 0.25) is 0 Å². The maximum absolute atomic E-state index is 13.2. The Morgan fingerprint density at radius 2 is 1.67 bits per heavy atom. The van der Waals surface area contributed by atoms with Crippen molar-refractivity contribution in [2.45, 2.75) is 6.92 Å². The smallest absolute Gasteiger partial charge is 0.196 e. The number of hydrogen-bond donors (Lipinski definition) is 0. The fourth-order valence-electron chi connectivity index (χ4n) is 3.11. The number of benzene rings is 2. The van der Waals surface area contributed by atoms with E-state index < -0.39 is 0 Å². The van der Waals surface area contributed by atoms with Gasteiger partial charge >= 0.3 is 0 Å². The molecule has 0 radical (unpaired) electrons. The van der Waals surface area contributed by atoms with Crippen LogP contribution in [0.4, 0.5) is 0 Å². The first-order chi connectivity index (χ1) is 11.6. The van der Waals surface area contributed by atoms with Gasteiger partial charge in [0.15, 0.2) is 5.78 Å². The molecule has 2 aromatic carbocycles. The molecule has 4 nitrogen and oxygen atoms in total. The first kappa shape index (κ1) is 15.9. The number of nitrogens with zero attached hydrogens (tertiary/aromatic N) is 2. The zero-order valence-corrected chi connectivity index (χ0v) is 14.0. The highest BCUT2D eigenvalue weighted by atomic mass is 16.5. The maximum Gasteiger partial charge on any atom is 0.196 e. The first-order valence-electron chi connectivity index (χ1n) is 7.60. The van der Waals surface area contributed by atoms with Crippen LogP contribution in [0.5, 0.6) is 5.75 Å². The second-order valence-corrected chi connectivity index (χ2v) is 5.46. The van der Waals surface area contributed by atoms with Crippen molar-refractivity contribution in [2.75, 3.05) is 14.2 Å². The normalized spacial score (nSPS) is 15.5. The van der Waals surface area contributed by atoms with Crippen molar-refractivity contribution in [3.05, 3.63) is 70.4 Å². The van der Waals surface area contributed by atoms with Gasteiger partial charge in [-0.05, 0) is 30.8 Å². The van der Waals surface area contributed by atoms with Gasteiger partial charge in [0.25, 0.3) is 0 Å². The molecule has 0 bridgehead atoms. The zero-order valence-electron chi connectivity index (χ0n) is 14.0. The van der Waals surface area contributed by atoms with E-state index in [-0.39, 0.29) is 5.78 Å². The van der Waals surface area contributed by atoms with Crippen LogP contribution in [-0.2, 0) is 0 Å².